The molecule has 2 aromatic heterocycles. The largest absolute Gasteiger partial charge is 0.493 e. The number of aromatic nitrogens is 3. The van der Waals surface area contributed by atoms with Crippen molar-refractivity contribution < 1.29 is 13.9 Å². The second-order valence-corrected chi connectivity index (χ2v) is 12.0. The number of carbonyl (C=O) groups excluding carboxylic acids is 1. The van der Waals surface area contributed by atoms with E-state index in [1.807, 2.05) is 11.8 Å². The number of carbonyl (C=O) groups is 1. The standard InChI is InChI=1S/C31H37ClFN5O2/c1-20-3-6-29-21(2)38(13-12-37(20)29)30(39)16-24-4-5-26(17-28(24)33)40-14-9-23-15-27(23)22-7-10-36(11-8-22)31-34-18-25(32)19-35-31/h3-6,17-19,21-23,27H,7-16H2,1-2H3/t21?,23-,27?/m1/s1. The summed E-state index contributed by atoms with van der Waals surface area (Å²) in [5.41, 5.74) is 2.76. The van der Waals surface area contributed by atoms with Gasteiger partial charge in [0.1, 0.15) is 11.6 Å². The SMILES string of the molecule is Cc1ccc2n1CCN(C(=O)Cc1ccc(OCC[C@@H]3CC3C3CCN(c4ncc(Cl)cn4)CC3)cc1F)C2C. The molecular weight excluding hydrogens is 529 g/mol. The van der Waals surface area contributed by atoms with E-state index < -0.39 is 0 Å². The highest BCUT2D eigenvalue weighted by molar-refractivity contribution is 6.30. The summed E-state index contributed by atoms with van der Waals surface area (Å²) in [5.74, 6) is 3.04. The minimum absolute atomic E-state index is 0.0167. The molecule has 0 N–H and O–H groups in total. The average Bonchev–Trinajstić information content (AvgIpc) is 3.63. The van der Waals surface area contributed by atoms with E-state index in [9.17, 15) is 9.18 Å². The van der Waals surface area contributed by atoms with Gasteiger partial charge in [0.05, 0.1) is 36.5 Å². The van der Waals surface area contributed by atoms with Crippen LogP contribution in [-0.2, 0) is 17.8 Å². The fourth-order valence-electron chi connectivity index (χ4n) is 6.69. The van der Waals surface area contributed by atoms with Crippen LogP contribution in [0.2, 0.25) is 5.02 Å². The lowest BCUT2D eigenvalue weighted by Gasteiger charge is -2.35. The van der Waals surface area contributed by atoms with Crippen molar-refractivity contribution in [1.29, 1.82) is 0 Å². The molecule has 40 heavy (non-hydrogen) atoms. The van der Waals surface area contributed by atoms with Crippen molar-refractivity contribution in [3.05, 3.63) is 70.5 Å². The van der Waals surface area contributed by atoms with E-state index >= 15 is 0 Å². The second-order valence-electron chi connectivity index (χ2n) is 11.6. The molecule has 212 valence electrons. The van der Waals surface area contributed by atoms with Crippen LogP contribution in [0.25, 0.3) is 0 Å². The quantitative estimate of drug-likeness (QED) is 0.343. The van der Waals surface area contributed by atoms with Crippen LogP contribution in [0, 0.1) is 30.5 Å². The van der Waals surface area contributed by atoms with Gasteiger partial charge >= 0.3 is 0 Å². The van der Waals surface area contributed by atoms with Gasteiger partial charge in [-0.25, -0.2) is 14.4 Å². The predicted molar refractivity (Wildman–Crippen MR) is 153 cm³/mol. The maximum Gasteiger partial charge on any atom is 0.227 e. The fraction of sp³-hybridized carbons (Fsp3) is 0.516. The second kappa shape index (κ2) is 11.4. The molecule has 9 heteroatoms. The molecule has 1 saturated heterocycles. The zero-order chi connectivity index (χ0) is 27.8. The highest BCUT2D eigenvalue weighted by Crippen LogP contribution is 2.50. The van der Waals surface area contributed by atoms with E-state index in [1.165, 1.54) is 18.2 Å². The molecule has 3 aliphatic rings. The zero-order valence-electron chi connectivity index (χ0n) is 23.2. The van der Waals surface area contributed by atoms with Gasteiger partial charge in [-0.15, -0.1) is 0 Å². The number of rotatable bonds is 8. The Morgan fingerprint density at radius 2 is 1.88 bits per heavy atom. The smallest absolute Gasteiger partial charge is 0.227 e. The van der Waals surface area contributed by atoms with Crippen molar-refractivity contribution >= 4 is 23.5 Å². The molecule has 4 heterocycles. The normalized spacial score (nSPS) is 22.8. The molecular formula is C31H37ClFN5O2. The summed E-state index contributed by atoms with van der Waals surface area (Å²) < 4.78 is 23.1. The Morgan fingerprint density at radius 1 is 1.10 bits per heavy atom. The topological polar surface area (TPSA) is 63.5 Å². The molecule has 3 aromatic rings. The Labute approximate surface area is 240 Å². The van der Waals surface area contributed by atoms with Gasteiger partial charge in [0.15, 0.2) is 0 Å². The Kier molecular flexibility index (Phi) is 7.71. The molecule has 2 unspecified atom stereocenters. The first-order chi connectivity index (χ1) is 19.4. The number of amides is 1. The van der Waals surface area contributed by atoms with Crippen LogP contribution in [0.4, 0.5) is 10.3 Å². The number of piperidine rings is 1. The first-order valence-electron chi connectivity index (χ1n) is 14.5. The maximum atomic E-state index is 14.9. The minimum Gasteiger partial charge on any atom is -0.493 e. The molecule has 1 amide bonds. The Balaban J connectivity index is 0.937. The third-order valence-electron chi connectivity index (χ3n) is 9.15. The Hall–Kier alpha value is -3.13. The fourth-order valence-corrected chi connectivity index (χ4v) is 6.79. The van der Waals surface area contributed by atoms with Crippen LogP contribution in [0.15, 0.2) is 42.7 Å². The number of fused-ring (bicyclic) bond motifs is 1. The number of anilines is 1. The molecule has 0 bridgehead atoms. The van der Waals surface area contributed by atoms with Gasteiger partial charge in [0.2, 0.25) is 11.9 Å². The predicted octanol–water partition coefficient (Wildman–Crippen LogP) is 5.85. The highest BCUT2D eigenvalue weighted by Gasteiger charge is 2.43. The molecule has 7 nitrogen and oxygen atoms in total. The Morgan fingerprint density at radius 3 is 2.62 bits per heavy atom. The molecule has 6 rings (SSSR count). The van der Waals surface area contributed by atoms with Gasteiger partial charge < -0.3 is 19.1 Å². The first-order valence-corrected chi connectivity index (χ1v) is 14.8. The van der Waals surface area contributed by atoms with Crippen molar-refractivity contribution in [1.82, 2.24) is 19.4 Å². The number of ether oxygens (including phenoxy) is 1. The van der Waals surface area contributed by atoms with E-state index in [0.29, 0.717) is 35.4 Å². The average molecular weight is 566 g/mol. The van der Waals surface area contributed by atoms with E-state index in [-0.39, 0.29) is 24.2 Å². The van der Waals surface area contributed by atoms with Crippen LogP contribution in [0.3, 0.4) is 0 Å². The van der Waals surface area contributed by atoms with Crippen LogP contribution in [-0.4, -0.2) is 51.6 Å². The van der Waals surface area contributed by atoms with Gasteiger partial charge in [0, 0.05) is 43.6 Å². The summed E-state index contributed by atoms with van der Waals surface area (Å²) in [6, 6.07) is 9.06. The number of hydrogen-bond acceptors (Lipinski definition) is 5. The van der Waals surface area contributed by atoms with E-state index in [1.54, 1.807) is 24.5 Å². The lowest BCUT2D eigenvalue weighted by molar-refractivity contribution is -0.133. The molecule has 2 fully saturated rings. The summed E-state index contributed by atoms with van der Waals surface area (Å²) in [6.45, 7) is 8.08. The van der Waals surface area contributed by atoms with Crippen LogP contribution in [0.5, 0.6) is 5.75 Å². The summed E-state index contributed by atoms with van der Waals surface area (Å²) in [7, 11) is 0. The third kappa shape index (κ3) is 5.69. The summed E-state index contributed by atoms with van der Waals surface area (Å²) >= 11 is 5.91. The highest BCUT2D eigenvalue weighted by atomic mass is 35.5. The van der Waals surface area contributed by atoms with E-state index in [0.717, 1.165) is 62.4 Å². The third-order valence-corrected chi connectivity index (χ3v) is 9.34. The molecule has 1 aliphatic carbocycles. The monoisotopic (exact) mass is 565 g/mol. The number of benzene rings is 1. The molecule has 1 aromatic carbocycles. The van der Waals surface area contributed by atoms with Gasteiger partial charge in [0.25, 0.3) is 0 Å². The molecule has 0 spiro atoms. The minimum atomic E-state index is -0.379. The lowest BCUT2D eigenvalue weighted by Crippen LogP contribution is -2.41. The van der Waals surface area contributed by atoms with Gasteiger partial charge in [-0.3, -0.25) is 4.79 Å². The summed E-state index contributed by atoms with van der Waals surface area (Å²) in [6.07, 6.45) is 7.91. The van der Waals surface area contributed by atoms with Crippen LogP contribution in [0.1, 0.15) is 55.6 Å². The number of halogens is 2. The van der Waals surface area contributed by atoms with Crippen LogP contribution >= 0.6 is 11.6 Å². The van der Waals surface area contributed by atoms with Gasteiger partial charge in [-0.05, 0) is 81.0 Å². The molecule has 1 saturated carbocycles. The number of hydrogen-bond donors (Lipinski definition) is 0. The van der Waals surface area contributed by atoms with Crippen molar-refractivity contribution in [2.24, 2.45) is 17.8 Å². The number of aryl methyl sites for hydroxylation is 1. The van der Waals surface area contributed by atoms with Gasteiger partial charge in [-0.1, -0.05) is 17.7 Å². The van der Waals surface area contributed by atoms with Crippen molar-refractivity contribution in [3.8, 4) is 5.75 Å². The maximum absolute atomic E-state index is 14.9. The summed E-state index contributed by atoms with van der Waals surface area (Å²) in [4.78, 5) is 25.9. The summed E-state index contributed by atoms with van der Waals surface area (Å²) in [5, 5.41) is 0.560. The zero-order valence-corrected chi connectivity index (χ0v) is 24.0. The van der Waals surface area contributed by atoms with Crippen LogP contribution < -0.4 is 9.64 Å². The van der Waals surface area contributed by atoms with Crippen molar-refractivity contribution in [2.75, 3.05) is 31.1 Å². The number of nitrogens with zero attached hydrogens (tertiary/aromatic N) is 5. The first kappa shape index (κ1) is 27.1. The van der Waals surface area contributed by atoms with Crippen molar-refractivity contribution in [2.45, 2.75) is 58.5 Å². The lowest BCUT2D eigenvalue weighted by atomic mass is 9.90. The van der Waals surface area contributed by atoms with E-state index in [2.05, 4.69) is 38.5 Å². The van der Waals surface area contributed by atoms with E-state index in [4.69, 9.17) is 16.3 Å². The van der Waals surface area contributed by atoms with Gasteiger partial charge in [-0.2, -0.15) is 0 Å². The molecule has 0 radical (unpaired) electrons. The Bertz CT molecular complexity index is 1350. The molecule has 3 atom stereocenters. The molecule has 2 aliphatic heterocycles. The van der Waals surface area contributed by atoms with Crippen molar-refractivity contribution in [3.63, 3.8) is 0 Å².